The summed E-state index contributed by atoms with van der Waals surface area (Å²) in [6, 6.07) is 0. The number of aliphatic carboxylic acids is 1. The van der Waals surface area contributed by atoms with Gasteiger partial charge in [-0.1, -0.05) is 0 Å². The van der Waals surface area contributed by atoms with Gasteiger partial charge in [0.15, 0.2) is 0 Å². The fourth-order valence-electron chi connectivity index (χ4n) is 1.57. The largest absolute Gasteiger partial charge is 0.481 e. The summed E-state index contributed by atoms with van der Waals surface area (Å²) < 4.78 is 0. The predicted octanol–water partition coefficient (Wildman–Crippen LogP) is 2.48. The van der Waals surface area contributed by atoms with E-state index in [1.807, 2.05) is 0 Å². The lowest BCUT2D eigenvalue weighted by molar-refractivity contribution is -0.143. The number of halogens is 2. The van der Waals surface area contributed by atoms with E-state index in [4.69, 9.17) is 28.3 Å². The minimum atomic E-state index is -0.759. The minimum absolute atomic E-state index is 0.102. The number of rotatable bonds is 1. The topological polar surface area (TPSA) is 37.3 Å². The maximum atomic E-state index is 10.6. The van der Waals surface area contributed by atoms with Crippen LogP contribution >= 0.6 is 23.2 Å². The fraction of sp³-hybridized carbons (Fsp3) is 0.875. The molecule has 3 atom stereocenters. The van der Waals surface area contributed by atoms with Gasteiger partial charge in [0.25, 0.3) is 0 Å². The highest BCUT2D eigenvalue weighted by Gasteiger charge is 2.40. The van der Waals surface area contributed by atoms with Crippen LogP contribution in [0.25, 0.3) is 0 Å². The van der Waals surface area contributed by atoms with Gasteiger partial charge < -0.3 is 5.11 Å². The second kappa shape index (κ2) is 3.43. The van der Waals surface area contributed by atoms with Crippen molar-refractivity contribution < 1.29 is 9.90 Å². The Morgan fingerprint density at radius 3 is 2.58 bits per heavy atom. The molecule has 0 spiro atoms. The molecule has 0 radical (unpaired) electrons. The maximum Gasteiger partial charge on any atom is 0.306 e. The van der Waals surface area contributed by atoms with Crippen molar-refractivity contribution in [3.63, 3.8) is 0 Å². The van der Waals surface area contributed by atoms with E-state index in [1.54, 1.807) is 6.92 Å². The van der Waals surface area contributed by atoms with E-state index in [9.17, 15) is 4.79 Å². The van der Waals surface area contributed by atoms with Gasteiger partial charge in [-0.3, -0.25) is 4.79 Å². The zero-order valence-corrected chi connectivity index (χ0v) is 8.40. The lowest BCUT2D eigenvalue weighted by atomic mass is 9.81. The lowest BCUT2D eigenvalue weighted by Gasteiger charge is -2.35. The van der Waals surface area contributed by atoms with Crippen molar-refractivity contribution >= 4 is 29.2 Å². The standard InChI is InChI=1S/C8H12Cl2O2/c1-8(10)4-5(7(11)12)2-3-6(8)9/h5-6H,2-4H2,1H3,(H,11,12). The molecule has 0 aromatic rings. The van der Waals surface area contributed by atoms with Crippen LogP contribution in [0.5, 0.6) is 0 Å². The van der Waals surface area contributed by atoms with Crippen LogP contribution < -0.4 is 0 Å². The number of hydrogen-bond acceptors (Lipinski definition) is 1. The number of carboxylic acid groups (broad SMARTS) is 1. The molecule has 1 aliphatic rings. The highest BCUT2D eigenvalue weighted by molar-refractivity contribution is 6.32. The van der Waals surface area contributed by atoms with Gasteiger partial charge in [0.2, 0.25) is 0 Å². The van der Waals surface area contributed by atoms with E-state index < -0.39 is 10.8 Å². The lowest BCUT2D eigenvalue weighted by Crippen LogP contribution is -2.39. The molecule has 0 saturated heterocycles. The van der Waals surface area contributed by atoms with Gasteiger partial charge in [-0.25, -0.2) is 0 Å². The van der Waals surface area contributed by atoms with Gasteiger partial charge in [-0.05, 0) is 26.2 Å². The molecular weight excluding hydrogens is 199 g/mol. The van der Waals surface area contributed by atoms with Gasteiger partial charge in [-0.2, -0.15) is 0 Å². The Morgan fingerprint density at radius 1 is 1.58 bits per heavy atom. The number of hydrogen-bond donors (Lipinski definition) is 1. The summed E-state index contributed by atoms with van der Waals surface area (Å²) in [6.07, 6.45) is 1.81. The van der Waals surface area contributed by atoms with E-state index in [0.717, 1.165) is 0 Å². The minimum Gasteiger partial charge on any atom is -0.481 e. The van der Waals surface area contributed by atoms with Crippen molar-refractivity contribution in [1.82, 2.24) is 0 Å². The maximum absolute atomic E-state index is 10.6. The Hall–Kier alpha value is 0.0500. The third-order valence-electron chi connectivity index (χ3n) is 2.42. The van der Waals surface area contributed by atoms with Crippen LogP contribution in [0.3, 0.4) is 0 Å². The van der Waals surface area contributed by atoms with E-state index in [1.165, 1.54) is 0 Å². The van der Waals surface area contributed by atoms with Gasteiger partial charge >= 0.3 is 5.97 Å². The van der Waals surface area contributed by atoms with Gasteiger partial charge in [0, 0.05) is 0 Å². The number of carbonyl (C=O) groups is 1. The Bertz CT molecular complexity index is 191. The summed E-state index contributed by atoms with van der Waals surface area (Å²) in [5.41, 5.74) is 0. The molecule has 2 nitrogen and oxygen atoms in total. The van der Waals surface area contributed by atoms with Crippen LogP contribution in [0, 0.1) is 5.92 Å². The molecule has 0 aromatic heterocycles. The van der Waals surface area contributed by atoms with Crippen molar-refractivity contribution in [3.8, 4) is 0 Å². The molecule has 0 bridgehead atoms. The van der Waals surface area contributed by atoms with Gasteiger partial charge in [-0.15, -0.1) is 23.2 Å². The summed E-state index contributed by atoms with van der Waals surface area (Å²) in [6.45, 7) is 1.81. The molecule has 1 rings (SSSR count). The second-order valence-corrected chi connectivity index (χ2v) is 4.95. The smallest absolute Gasteiger partial charge is 0.306 e. The first-order valence-corrected chi connectivity index (χ1v) is 4.80. The van der Waals surface area contributed by atoms with Crippen LogP contribution in [0.1, 0.15) is 26.2 Å². The zero-order valence-electron chi connectivity index (χ0n) is 6.89. The molecule has 0 amide bonds. The van der Waals surface area contributed by atoms with Crippen LogP contribution in [-0.2, 0) is 4.79 Å². The Kier molecular flexibility index (Phi) is 2.89. The fourth-order valence-corrected chi connectivity index (χ4v) is 2.08. The second-order valence-electron chi connectivity index (χ2n) is 3.56. The summed E-state index contributed by atoms with van der Waals surface area (Å²) in [5.74, 6) is -1.08. The predicted molar refractivity (Wildman–Crippen MR) is 48.9 cm³/mol. The molecule has 0 heterocycles. The third kappa shape index (κ3) is 2.05. The molecule has 4 heteroatoms. The van der Waals surface area contributed by atoms with Crippen molar-refractivity contribution in [2.45, 2.75) is 36.4 Å². The Morgan fingerprint density at radius 2 is 2.17 bits per heavy atom. The molecule has 1 fully saturated rings. The molecule has 1 saturated carbocycles. The molecule has 1 aliphatic carbocycles. The molecule has 12 heavy (non-hydrogen) atoms. The first-order chi connectivity index (χ1) is 5.43. The first kappa shape index (κ1) is 10.1. The van der Waals surface area contributed by atoms with E-state index in [0.29, 0.717) is 19.3 Å². The highest BCUT2D eigenvalue weighted by Crippen LogP contribution is 2.40. The summed E-state index contributed by atoms with van der Waals surface area (Å²) >= 11 is 12.0. The molecule has 70 valence electrons. The van der Waals surface area contributed by atoms with E-state index in [2.05, 4.69) is 0 Å². The Labute approximate surface area is 81.9 Å². The SMILES string of the molecule is CC1(Cl)CC(C(=O)O)CCC1Cl. The van der Waals surface area contributed by atoms with Crippen molar-refractivity contribution in [1.29, 1.82) is 0 Å². The highest BCUT2D eigenvalue weighted by atomic mass is 35.5. The number of carboxylic acids is 1. The van der Waals surface area contributed by atoms with Crippen LogP contribution in [-0.4, -0.2) is 21.3 Å². The van der Waals surface area contributed by atoms with E-state index in [-0.39, 0.29) is 11.3 Å². The van der Waals surface area contributed by atoms with E-state index >= 15 is 0 Å². The van der Waals surface area contributed by atoms with Gasteiger partial charge in [0.05, 0.1) is 16.2 Å². The van der Waals surface area contributed by atoms with Crippen LogP contribution in [0.4, 0.5) is 0 Å². The van der Waals surface area contributed by atoms with Crippen molar-refractivity contribution in [3.05, 3.63) is 0 Å². The summed E-state index contributed by atoms with van der Waals surface area (Å²) in [5, 5.41) is 8.65. The van der Waals surface area contributed by atoms with Gasteiger partial charge in [0.1, 0.15) is 0 Å². The van der Waals surface area contributed by atoms with Crippen molar-refractivity contribution in [2.24, 2.45) is 5.92 Å². The summed E-state index contributed by atoms with van der Waals surface area (Å²) in [7, 11) is 0. The van der Waals surface area contributed by atoms with Crippen LogP contribution in [0.2, 0.25) is 0 Å². The molecule has 3 unspecified atom stereocenters. The molecule has 1 N–H and O–H groups in total. The molecule has 0 aromatic carbocycles. The quantitative estimate of drug-likeness (QED) is 0.676. The molecule has 0 aliphatic heterocycles. The normalized spacial score (nSPS) is 42.6. The zero-order chi connectivity index (χ0) is 9.35. The third-order valence-corrected chi connectivity index (χ3v) is 3.65. The monoisotopic (exact) mass is 210 g/mol. The van der Waals surface area contributed by atoms with Crippen LogP contribution in [0.15, 0.2) is 0 Å². The average molecular weight is 211 g/mol. The summed E-state index contributed by atoms with van der Waals surface area (Å²) in [4.78, 5) is 10.1. The first-order valence-electron chi connectivity index (χ1n) is 3.99. The Balaban J connectivity index is 2.63. The average Bonchev–Trinajstić information content (AvgIpc) is 1.94. The van der Waals surface area contributed by atoms with Crippen molar-refractivity contribution in [2.75, 3.05) is 0 Å². The molecular formula is C8H12Cl2O2. The number of alkyl halides is 2.